The Kier molecular flexibility index (Phi) is 7.60. The maximum Gasteiger partial charge on any atom is 0.271 e. The van der Waals surface area contributed by atoms with Crippen molar-refractivity contribution in [1.29, 1.82) is 0 Å². The van der Waals surface area contributed by atoms with Crippen LogP contribution in [0.5, 0.6) is 11.5 Å². The number of carbonyl (C=O) groups is 1. The van der Waals surface area contributed by atoms with Gasteiger partial charge in [0, 0.05) is 42.2 Å². The van der Waals surface area contributed by atoms with Gasteiger partial charge in [-0.05, 0) is 61.7 Å². The molecule has 1 amide bonds. The van der Waals surface area contributed by atoms with Crippen molar-refractivity contribution in [3.05, 3.63) is 75.0 Å². The lowest BCUT2D eigenvalue weighted by Gasteiger charge is -2.32. The summed E-state index contributed by atoms with van der Waals surface area (Å²) in [6.45, 7) is 3.61. The maximum atomic E-state index is 12.8. The van der Waals surface area contributed by atoms with Crippen LogP contribution >= 0.6 is 11.6 Å². The smallest absolute Gasteiger partial charge is 0.271 e. The minimum Gasteiger partial charge on any atom is -0.497 e. The summed E-state index contributed by atoms with van der Waals surface area (Å²) in [7, 11) is 3.21. The molecular formula is C26H29ClN4O4. The Hall–Kier alpha value is -3.52. The first-order chi connectivity index (χ1) is 16.9. The van der Waals surface area contributed by atoms with Crippen LogP contribution in [0.3, 0.4) is 0 Å². The highest BCUT2D eigenvalue weighted by molar-refractivity contribution is 6.31. The van der Waals surface area contributed by atoms with E-state index in [1.807, 2.05) is 37.3 Å². The first-order valence-corrected chi connectivity index (χ1v) is 11.9. The van der Waals surface area contributed by atoms with Gasteiger partial charge in [0.2, 0.25) is 5.91 Å². The number of ether oxygens (including phenoxy) is 2. The van der Waals surface area contributed by atoms with Gasteiger partial charge in [-0.2, -0.15) is 4.68 Å². The molecule has 0 atom stereocenters. The van der Waals surface area contributed by atoms with Crippen LogP contribution in [0.1, 0.15) is 24.0 Å². The second kappa shape index (κ2) is 10.8. The van der Waals surface area contributed by atoms with Crippen molar-refractivity contribution in [2.75, 3.05) is 32.2 Å². The van der Waals surface area contributed by atoms with Crippen molar-refractivity contribution in [3.63, 3.8) is 0 Å². The van der Waals surface area contributed by atoms with Crippen molar-refractivity contribution < 1.29 is 14.3 Å². The van der Waals surface area contributed by atoms with E-state index in [2.05, 4.69) is 15.3 Å². The molecular weight excluding hydrogens is 468 g/mol. The van der Waals surface area contributed by atoms with Crippen LogP contribution in [0.4, 0.5) is 5.82 Å². The van der Waals surface area contributed by atoms with Crippen LogP contribution in [0.2, 0.25) is 5.02 Å². The molecule has 0 bridgehead atoms. The monoisotopic (exact) mass is 496 g/mol. The fraction of sp³-hybridized carbons (Fsp3) is 0.346. The number of nitrogens with one attached hydrogen (secondary N) is 1. The zero-order chi connectivity index (χ0) is 24.9. The minimum absolute atomic E-state index is 0.0155. The Morgan fingerprint density at radius 2 is 1.86 bits per heavy atom. The van der Waals surface area contributed by atoms with Crippen LogP contribution in [0, 0.1) is 12.8 Å². The predicted molar refractivity (Wildman–Crippen MR) is 136 cm³/mol. The van der Waals surface area contributed by atoms with Gasteiger partial charge in [0.25, 0.3) is 5.56 Å². The van der Waals surface area contributed by atoms with E-state index in [1.54, 1.807) is 26.4 Å². The number of carbonyl (C=O) groups excluding carboxylic acids is 1. The second-order valence-electron chi connectivity index (χ2n) is 8.53. The maximum absolute atomic E-state index is 12.8. The number of rotatable bonds is 7. The number of benzene rings is 2. The number of methoxy groups -OCH3 is 2. The van der Waals surface area contributed by atoms with Crippen molar-refractivity contribution in [2.24, 2.45) is 5.92 Å². The number of hydrogen-bond acceptors (Lipinski definition) is 6. The van der Waals surface area contributed by atoms with E-state index >= 15 is 0 Å². The van der Waals surface area contributed by atoms with Crippen molar-refractivity contribution >= 4 is 23.3 Å². The summed E-state index contributed by atoms with van der Waals surface area (Å²) < 4.78 is 12.0. The molecule has 0 radical (unpaired) electrons. The fourth-order valence-corrected chi connectivity index (χ4v) is 4.36. The Labute approximate surface area is 209 Å². The summed E-state index contributed by atoms with van der Waals surface area (Å²) in [6, 6.07) is 14.2. The second-order valence-corrected chi connectivity index (χ2v) is 8.94. The standard InChI is InChI=1S/C26H29ClN4O4/c1-17-4-5-20(15-22(17)27)31-25(32)9-8-24(29-31)30-12-10-18(11-13-30)26(33)28-16-19-14-21(34-2)6-7-23(19)35-3/h4-9,14-15,18H,10-13,16H2,1-3H3,(H,28,33). The van der Waals surface area contributed by atoms with E-state index in [4.69, 9.17) is 21.1 Å². The van der Waals surface area contributed by atoms with E-state index in [-0.39, 0.29) is 17.4 Å². The molecule has 1 N–H and O–H groups in total. The third-order valence-electron chi connectivity index (χ3n) is 6.32. The number of hydrogen-bond donors (Lipinski definition) is 1. The molecule has 1 aliphatic rings. The van der Waals surface area contributed by atoms with Crippen molar-refractivity contribution in [2.45, 2.75) is 26.3 Å². The molecule has 2 heterocycles. The summed E-state index contributed by atoms with van der Waals surface area (Å²) in [5.74, 6) is 2.04. The highest BCUT2D eigenvalue weighted by atomic mass is 35.5. The van der Waals surface area contributed by atoms with E-state index in [0.717, 1.165) is 11.1 Å². The summed E-state index contributed by atoms with van der Waals surface area (Å²) in [5.41, 5.74) is 2.19. The first-order valence-electron chi connectivity index (χ1n) is 11.5. The van der Waals surface area contributed by atoms with Gasteiger partial charge in [0.05, 0.1) is 19.9 Å². The van der Waals surface area contributed by atoms with Gasteiger partial charge in [-0.25, -0.2) is 0 Å². The molecule has 8 nitrogen and oxygen atoms in total. The molecule has 3 aromatic rings. The molecule has 1 aliphatic heterocycles. The van der Waals surface area contributed by atoms with Gasteiger partial charge in [-0.15, -0.1) is 5.10 Å². The van der Waals surface area contributed by atoms with Gasteiger partial charge in [0.1, 0.15) is 17.3 Å². The van der Waals surface area contributed by atoms with Crippen molar-refractivity contribution in [1.82, 2.24) is 15.1 Å². The van der Waals surface area contributed by atoms with Gasteiger partial charge in [-0.1, -0.05) is 17.7 Å². The third kappa shape index (κ3) is 5.59. The van der Waals surface area contributed by atoms with Crippen LogP contribution in [-0.2, 0) is 11.3 Å². The molecule has 1 aromatic heterocycles. The summed E-state index contributed by atoms with van der Waals surface area (Å²) in [5, 5.41) is 8.18. The normalized spacial score (nSPS) is 14.0. The summed E-state index contributed by atoms with van der Waals surface area (Å²) in [4.78, 5) is 27.4. The SMILES string of the molecule is COc1ccc(OC)c(CNC(=O)C2CCN(c3ccc(=O)n(-c4ccc(C)c(Cl)c4)n3)CC2)c1. The van der Waals surface area contributed by atoms with Crippen molar-refractivity contribution in [3.8, 4) is 17.2 Å². The molecule has 1 saturated heterocycles. The van der Waals surface area contributed by atoms with E-state index < -0.39 is 0 Å². The van der Waals surface area contributed by atoms with E-state index in [9.17, 15) is 9.59 Å². The average Bonchev–Trinajstić information content (AvgIpc) is 2.89. The molecule has 0 saturated carbocycles. The fourth-order valence-electron chi connectivity index (χ4n) is 4.19. The number of halogens is 1. The number of nitrogens with zero attached hydrogens (tertiary/aromatic N) is 3. The Morgan fingerprint density at radius 3 is 2.54 bits per heavy atom. The van der Waals surface area contributed by atoms with Crippen LogP contribution < -0.4 is 25.2 Å². The number of amides is 1. The highest BCUT2D eigenvalue weighted by Gasteiger charge is 2.26. The number of aromatic nitrogens is 2. The predicted octanol–water partition coefficient (Wildman–Crippen LogP) is 3.74. The lowest BCUT2D eigenvalue weighted by Crippen LogP contribution is -2.41. The Balaban J connectivity index is 1.39. The van der Waals surface area contributed by atoms with Crippen LogP contribution in [-0.4, -0.2) is 43.0 Å². The third-order valence-corrected chi connectivity index (χ3v) is 6.72. The minimum atomic E-state index is -0.226. The zero-order valence-electron chi connectivity index (χ0n) is 20.1. The van der Waals surface area contributed by atoms with E-state index in [1.165, 1.54) is 10.7 Å². The molecule has 0 spiro atoms. The molecule has 0 aliphatic carbocycles. The average molecular weight is 497 g/mol. The van der Waals surface area contributed by atoms with Gasteiger partial charge < -0.3 is 19.7 Å². The zero-order valence-corrected chi connectivity index (χ0v) is 20.8. The molecule has 35 heavy (non-hydrogen) atoms. The van der Waals surface area contributed by atoms with Crippen LogP contribution in [0.15, 0.2) is 53.3 Å². The molecule has 0 unspecified atom stereocenters. The van der Waals surface area contributed by atoms with E-state index in [0.29, 0.717) is 60.5 Å². The number of piperidine rings is 1. The van der Waals surface area contributed by atoms with Crippen LogP contribution in [0.25, 0.3) is 5.69 Å². The Morgan fingerprint density at radius 1 is 1.09 bits per heavy atom. The molecule has 184 valence electrons. The lowest BCUT2D eigenvalue weighted by molar-refractivity contribution is -0.125. The number of anilines is 1. The molecule has 4 rings (SSSR count). The quantitative estimate of drug-likeness (QED) is 0.536. The summed E-state index contributed by atoms with van der Waals surface area (Å²) >= 11 is 6.24. The lowest BCUT2D eigenvalue weighted by atomic mass is 9.96. The largest absolute Gasteiger partial charge is 0.497 e. The van der Waals surface area contributed by atoms with Gasteiger partial charge in [-0.3, -0.25) is 9.59 Å². The highest BCUT2D eigenvalue weighted by Crippen LogP contribution is 2.25. The molecule has 2 aromatic carbocycles. The van der Waals surface area contributed by atoms with Gasteiger partial charge >= 0.3 is 0 Å². The molecule has 9 heteroatoms. The van der Waals surface area contributed by atoms with Gasteiger partial charge in [0.15, 0.2) is 0 Å². The Bertz CT molecular complexity index is 1270. The number of aryl methyl sites for hydroxylation is 1. The molecule has 1 fully saturated rings. The first kappa shape index (κ1) is 24.6. The topological polar surface area (TPSA) is 85.7 Å². The summed E-state index contributed by atoms with van der Waals surface area (Å²) in [6.07, 6.45) is 1.39.